The molecule has 0 aliphatic heterocycles. The standard InChI is InChI=1S/C14H18N4O4S3/c1-4-22-11-7-5-6-10(8-11)18(25(3,20)21)9-12(19)15-13-16-17-14(23-2)24-13/h5-8H,4,9H2,1-3H3,(H,15,16,19). The minimum Gasteiger partial charge on any atom is -0.494 e. The fourth-order valence-corrected chi connectivity index (χ4v) is 3.96. The SMILES string of the molecule is CCOc1cccc(N(CC(=O)Nc2nnc(SC)s2)S(C)(=O)=O)c1. The molecule has 1 heterocycles. The van der Waals surface area contributed by atoms with Crippen LogP contribution >= 0.6 is 23.1 Å². The fraction of sp³-hybridized carbons (Fsp3) is 0.357. The van der Waals surface area contributed by atoms with E-state index in [9.17, 15) is 13.2 Å². The number of nitrogens with one attached hydrogen (secondary N) is 1. The topological polar surface area (TPSA) is 101 Å². The molecule has 0 atom stereocenters. The summed E-state index contributed by atoms with van der Waals surface area (Å²) in [6, 6.07) is 6.58. The Balaban J connectivity index is 2.18. The summed E-state index contributed by atoms with van der Waals surface area (Å²) in [5.41, 5.74) is 0.352. The van der Waals surface area contributed by atoms with Crippen molar-refractivity contribution in [2.45, 2.75) is 11.3 Å². The van der Waals surface area contributed by atoms with E-state index < -0.39 is 15.9 Å². The summed E-state index contributed by atoms with van der Waals surface area (Å²) < 4.78 is 31.3. The van der Waals surface area contributed by atoms with E-state index in [0.29, 0.717) is 27.5 Å². The van der Waals surface area contributed by atoms with E-state index in [-0.39, 0.29) is 6.54 Å². The van der Waals surface area contributed by atoms with Crippen molar-refractivity contribution < 1.29 is 17.9 Å². The molecule has 1 N–H and O–H groups in total. The van der Waals surface area contributed by atoms with Gasteiger partial charge in [0.2, 0.25) is 21.1 Å². The van der Waals surface area contributed by atoms with Crippen LogP contribution in [0, 0.1) is 0 Å². The first-order valence-corrected chi connectivity index (χ1v) is 11.1. The first-order chi connectivity index (χ1) is 11.8. The first kappa shape index (κ1) is 19.5. The van der Waals surface area contributed by atoms with Gasteiger partial charge in [-0.2, -0.15) is 0 Å². The number of hydrogen-bond donors (Lipinski definition) is 1. The van der Waals surface area contributed by atoms with Gasteiger partial charge in [-0.1, -0.05) is 29.2 Å². The monoisotopic (exact) mass is 402 g/mol. The van der Waals surface area contributed by atoms with Gasteiger partial charge >= 0.3 is 0 Å². The van der Waals surface area contributed by atoms with Crippen LogP contribution in [0.25, 0.3) is 0 Å². The summed E-state index contributed by atoms with van der Waals surface area (Å²) in [7, 11) is -3.66. The summed E-state index contributed by atoms with van der Waals surface area (Å²) in [5, 5.41) is 10.6. The lowest BCUT2D eigenvalue weighted by atomic mass is 10.3. The number of sulfonamides is 1. The maximum Gasteiger partial charge on any atom is 0.246 e. The molecule has 1 aromatic carbocycles. The quantitative estimate of drug-likeness (QED) is 0.533. The van der Waals surface area contributed by atoms with Gasteiger partial charge in [0.05, 0.1) is 18.6 Å². The number of ether oxygens (including phenoxy) is 1. The van der Waals surface area contributed by atoms with Crippen molar-refractivity contribution in [3.05, 3.63) is 24.3 Å². The molecule has 136 valence electrons. The fourth-order valence-electron chi connectivity index (χ4n) is 1.93. The molecule has 8 nitrogen and oxygen atoms in total. The molecule has 0 spiro atoms. The Bertz CT molecular complexity index is 838. The molecule has 2 rings (SSSR count). The van der Waals surface area contributed by atoms with Crippen molar-refractivity contribution in [1.29, 1.82) is 0 Å². The van der Waals surface area contributed by atoms with Gasteiger partial charge in [0, 0.05) is 6.07 Å². The van der Waals surface area contributed by atoms with Crippen molar-refractivity contribution in [2.75, 3.05) is 35.3 Å². The van der Waals surface area contributed by atoms with Crippen molar-refractivity contribution in [3.8, 4) is 5.75 Å². The average Bonchev–Trinajstić information content (AvgIpc) is 2.99. The molecule has 0 bridgehead atoms. The maximum atomic E-state index is 12.2. The number of hydrogen-bond acceptors (Lipinski definition) is 8. The van der Waals surface area contributed by atoms with Crippen LogP contribution in [0.1, 0.15) is 6.92 Å². The third-order valence-corrected chi connectivity index (χ3v) is 5.89. The number of rotatable bonds is 8. The molecule has 0 aliphatic rings. The Morgan fingerprint density at radius 1 is 1.40 bits per heavy atom. The number of carbonyl (C=O) groups is 1. The summed E-state index contributed by atoms with van der Waals surface area (Å²) in [6.07, 6.45) is 2.90. The van der Waals surface area contributed by atoms with Gasteiger partial charge in [0.15, 0.2) is 4.34 Å². The largest absolute Gasteiger partial charge is 0.494 e. The van der Waals surface area contributed by atoms with Crippen LogP contribution in [0.3, 0.4) is 0 Å². The molecule has 0 saturated heterocycles. The molecule has 0 aliphatic carbocycles. The van der Waals surface area contributed by atoms with Gasteiger partial charge in [0.1, 0.15) is 12.3 Å². The lowest BCUT2D eigenvalue weighted by Gasteiger charge is -2.22. The third kappa shape index (κ3) is 5.58. The minimum atomic E-state index is -3.66. The van der Waals surface area contributed by atoms with Crippen LogP contribution in [-0.2, 0) is 14.8 Å². The molecule has 0 saturated carbocycles. The molecule has 1 amide bonds. The smallest absolute Gasteiger partial charge is 0.246 e. The molecular formula is C14H18N4O4S3. The van der Waals surface area contributed by atoms with Gasteiger partial charge < -0.3 is 4.74 Å². The molecule has 0 unspecified atom stereocenters. The highest BCUT2D eigenvalue weighted by molar-refractivity contribution is 8.00. The van der Waals surface area contributed by atoms with Crippen LogP contribution in [0.5, 0.6) is 5.75 Å². The lowest BCUT2D eigenvalue weighted by molar-refractivity contribution is -0.114. The van der Waals surface area contributed by atoms with E-state index in [0.717, 1.165) is 10.6 Å². The van der Waals surface area contributed by atoms with Gasteiger partial charge in [-0.05, 0) is 25.3 Å². The second kappa shape index (κ2) is 8.50. The van der Waals surface area contributed by atoms with Crippen LogP contribution < -0.4 is 14.4 Å². The van der Waals surface area contributed by atoms with Crippen LogP contribution in [0.2, 0.25) is 0 Å². The van der Waals surface area contributed by atoms with Crippen molar-refractivity contribution in [1.82, 2.24) is 10.2 Å². The Kier molecular flexibility index (Phi) is 6.62. The first-order valence-electron chi connectivity index (χ1n) is 7.21. The Morgan fingerprint density at radius 3 is 2.76 bits per heavy atom. The maximum absolute atomic E-state index is 12.2. The van der Waals surface area contributed by atoms with Crippen LogP contribution in [0.4, 0.5) is 10.8 Å². The average molecular weight is 403 g/mol. The predicted octanol–water partition coefficient (Wildman–Crippen LogP) is 2.06. The molecule has 1 aromatic heterocycles. The van der Waals surface area contributed by atoms with Gasteiger partial charge in [-0.3, -0.25) is 14.4 Å². The number of carbonyl (C=O) groups excluding carboxylic acids is 1. The van der Waals surface area contributed by atoms with E-state index >= 15 is 0 Å². The zero-order valence-corrected chi connectivity index (χ0v) is 16.4. The summed E-state index contributed by atoms with van der Waals surface area (Å²) >= 11 is 2.63. The minimum absolute atomic E-state index is 0.325. The number of aromatic nitrogens is 2. The van der Waals surface area contributed by atoms with E-state index in [1.54, 1.807) is 24.3 Å². The molecule has 0 radical (unpaired) electrons. The highest BCUT2D eigenvalue weighted by atomic mass is 32.2. The number of nitrogens with zero attached hydrogens (tertiary/aromatic N) is 3. The Morgan fingerprint density at radius 2 is 2.16 bits per heavy atom. The molecule has 11 heteroatoms. The van der Waals surface area contributed by atoms with Crippen LogP contribution in [-0.4, -0.2) is 50.2 Å². The zero-order valence-electron chi connectivity index (χ0n) is 13.9. The van der Waals surface area contributed by atoms with Crippen LogP contribution in [0.15, 0.2) is 28.6 Å². The Hall–Kier alpha value is -1.85. The summed E-state index contributed by atoms with van der Waals surface area (Å²) in [6.45, 7) is 1.92. The molecular weight excluding hydrogens is 384 g/mol. The second-order valence-corrected chi connectivity index (χ2v) is 8.76. The number of thioether (sulfide) groups is 1. The van der Waals surface area contributed by atoms with Crippen molar-refractivity contribution in [2.24, 2.45) is 0 Å². The summed E-state index contributed by atoms with van der Waals surface area (Å²) in [4.78, 5) is 12.2. The zero-order chi connectivity index (χ0) is 18.4. The van der Waals surface area contributed by atoms with Gasteiger partial charge in [-0.25, -0.2) is 8.42 Å². The highest BCUT2D eigenvalue weighted by Crippen LogP contribution is 2.25. The molecule has 0 fully saturated rings. The number of benzene rings is 1. The van der Waals surface area contributed by atoms with E-state index in [1.807, 2.05) is 13.2 Å². The van der Waals surface area contributed by atoms with Crippen molar-refractivity contribution in [3.63, 3.8) is 0 Å². The number of amides is 1. The van der Waals surface area contributed by atoms with E-state index in [1.165, 1.54) is 23.1 Å². The number of anilines is 2. The normalized spacial score (nSPS) is 11.2. The third-order valence-electron chi connectivity index (χ3n) is 2.93. The van der Waals surface area contributed by atoms with Gasteiger partial charge in [0.25, 0.3) is 0 Å². The second-order valence-electron chi connectivity index (χ2n) is 4.83. The molecule has 2 aromatic rings. The molecule has 25 heavy (non-hydrogen) atoms. The predicted molar refractivity (Wildman–Crippen MR) is 100 cm³/mol. The summed E-state index contributed by atoms with van der Waals surface area (Å²) in [5.74, 6) is 0.0267. The van der Waals surface area contributed by atoms with Crippen molar-refractivity contribution >= 4 is 49.8 Å². The van der Waals surface area contributed by atoms with Gasteiger partial charge in [-0.15, -0.1) is 10.2 Å². The Labute approximate surface area is 154 Å². The highest BCUT2D eigenvalue weighted by Gasteiger charge is 2.22. The lowest BCUT2D eigenvalue weighted by Crippen LogP contribution is -2.37. The van der Waals surface area contributed by atoms with E-state index in [2.05, 4.69) is 15.5 Å². The van der Waals surface area contributed by atoms with E-state index in [4.69, 9.17) is 4.74 Å².